The number of ether oxygens (including phenoxy) is 4. The van der Waals surface area contributed by atoms with Crippen molar-refractivity contribution < 1.29 is 18.9 Å². The van der Waals surface area contributed by atoms with Crippen molar-refractivity contribution in [2.45, 2.75) is 39.3 Å². The van der Waals surface area contributed by atoms with Gasteiger partial charge < -0.3 is 18.9 Å². The van der Waals surface area contributed by atoms with Gasteiger partial charge in [0.25, 0.3) is 0 Å². The lowest BCUT2D eigenvalue weighted by molar-refractivity contribution is 0.355. The fourth-order valence-electron chi connectivity index (χ4n) is 8.54. The third-order valence-electron chi connectivity index (χ3n) is 12.0. The molecular weight excluding hydrogens is 825 g/mol. The quantitative estimate of drug-likeness (QED) is 0.149. The number of benzene rings is 4. The first-order valence-corrected chi connectivity index (χ1v) is 28.5. The predicted octanol–water partition coefficient (Wildman–Crippen LogP) is 10.8. The van der Waals surface area contributed by atoms with Gasteiger partial charge in [-0.3, -0.25) is 0 Å². The molecule has 64 heavy (non-hydrogen) atoms. The Morgan fingerprint density at radius 2 is 0.625 bits per heavy atom. The molecule has 0 saturated heterocycles. The van der Waals surface area contributed by atoms with Crippen molar-refractivity contribution >= 4 is 71.7 Å². The first-order valence-electron chi connectivity index (χ1n) is 21.5. The molecule has 0 aromatic heterocycles. The van der Waals surface area contributed by atoms with E-state index in [9.17, 15) is 0 Å². The van der Waals surface area contributed by atoms with Crippen molar-refractivity contribution in [2.75, 3.05) is 28.4 Å². The molecule has 4 aromatic rings. The van der Waals surface area contributed by atoms with Crippen LogP contribution in [-0.4, -0.2) is 67.4 Å². The van der Waals surface area contributed by atoms with Gasteiger partial charge in [-0.2, -0.15) is 0 Å². The molecule has 0 unspecified atom stereocenters. The first-order chi connectivity index (χ1) is 30.8. The van der Waals surface area contributed by atoms with Gasteiger partial charge >= 0.3 is 0 Å². The Hall–Kier alpha value is -6.89. The summed E-state index contributed by atoms with van der Waals surface area (Å²) < 4.78 is 23.0. The number of aliphatic imine (C=N–C) groups is 4. The molecule has 8 nitrogen and oxygen atoms in total. The molecule has 9 rings (SSSR count). The van der Waals surface area contributed by atoms with Gasteiger partial charge in [0.1, 0.15) is 0 Å². The minimum absolute atomic E-state index is 0.618. The largest absolute Gasteiger partial charge is 0.493 e. The van der Waals surface area contributed by atoms with Crippen molar-refractivity contribution in [3.05, 3.63) is 179 Å². The number of hydrogen-bond donors (Lipinski definition) is 0. The SMILES string of the molecule is COc1ccc(C2=C3C=CC(=N3)C(c3cccc([Si](C)(C)C)c3)=C3C=CC(=N3)C(c3ccc(OC)c(OC)c3)=C3C=CC(=N3)C(c3cccc([Si](C)(C)C)c3)=C3C=CC2=N3)cc1OC. The molecular formula is C54H52N4O4Si2. The highest BCUT2D eigenvalue weighted by Gasteiger charge is 2.29. The molecule has 0 amide bonds. The number of fused-ring (bicyclic) bond motifs is 4. The Labute approximate surface area is 378 Å². The van der Waals surface area contributed by atoms with Gasteiger partial charge in [0, 0.05) is 22.3 Å². The van der Waals surface area contributed by atoms with E-state index in [1.54, 1.807) is 28.4 Å². The molecule has 8 bridgehead atoms. The number of hydrogen-bond acceptors (Lipinski definition) is 8. The minimum atomic E-state index is -1.70. The Kier molecular flexibility index (Phi) is 11.0. The molecule has 0 atom stereocenters. The Balaban J connectivity index is 1.38. The van der Waals surface area contributed by atoms with Crippen molar-refractivity contribution in [2.24, 2.45) is 20.0 Å². The van der Waals surface area contributed by atoms with Crippen LogP contribution in [-0.2, 0) is 0 Å². The summed E-state index contributed by atoms with van der Waals surface area (Å²) in [4.78, 5) is 22.0. The highest BCUT2D eigenvalue weighted by atomic mass is 28.3. The van der Waals surface area contributed by atoms with E-state index in [1.165, 1.54) is 10.4 Å². The summed E-state index contributed by atoms with van der Waals surface area (Å²) in [6, 6.07) is 29.8. The second-order valence-corrected chi connectivity index (χ2v) is 28.3. The summed E-state index contributed by atoms with van der Waals surface area (Å²) in [5, 5.41) is 2.70. The van der Waals surface area contributed by atoms with Crippen LogP contribution < -0.4 is 29.3 Å². The van der Waals surface area contributed by atoms with E-state index in [0.29, 0.717) is 23.0 Å². The fourth-order valence-corrected chi connectivity index (χ4v) is 10.9. The van der Waals surface area contributed by atoms with Gasteiger partial charge in [-0.05, 0) is 95.1 Å². The maximum Gasteiger partial charge on any atom is 0.161 e. The maximum absolute atomic E-state index is 5.85. The maximum atomic E-state index is 5.85. The Bertz CT molecular complexity index is 2840. The summed E-state index contributed by atoms with van der Waals surface area (Å²) in [6.45, 7) is 14.2. The topological polar surface area (TPSA) is 86.4 Å². The number of allylic oxidation sites excluding steroid dienone is 12. The third-order valence-corrected chi connectivity index (χ3v) is 16.1. The van der Waals surface area contributed by atoms with Gasteiger partial charge in [-0.25, -0.2) is 20.0 Å². The monoisotopic (exact) mass is 876 g/mol. The van der Waals surface area contributed by atoms with Crippen LogP contribution in [0.1, 0.15) is 22.3 Å². The lowest BCUT2D eigenvalue weighted by Gasteiger charge is -2.19. The molecule has 320 valence electrons. The van der Waals surface area contributed by atoms with Crippen LogP contribution in [0.25, 0.3) is 22.3 Å². The van der Waals surface area contributed by atoms with Crippen LogP contribution in [0.4, 0.5) is 0 Å². The van der Waals surface area contributed by atoms with E-state index in [0.717, 1.165) is 90.2 Å². The first kappa shape index (κ1) is 42.4. The summed E-state index contributed by atoms with van der Waals surface area (Å²) in [5.74, 6) is 2.52. The molecule has 0 fully saturated rings. The molecule has 0 saturated carbocycles. The van der Waals surface area contributed by atoms with E-state index in [4.69, 9.17) is 38.9 Å². The summed E-state index contributed by atoms with van der Waals surface area (Å²) >= 11 is 0. The number of nitrogens with zero attached hydrogens (tertiary/aromatic N) is 4. The molecule has 4 aromatic carbocycles. The van der Waals surface area contributed by atoms with Crippen LogP contribution in [0.15, 0.2) is 176 Å². The highest BCUT2D eigenvalue weighted by molar-refractivity contribution is 6.89. The second-order valence-electron chi connectivity index (χ2n) is 18.2. The smallest absolute Gasteiger partial charge is 0.161 e. The molecule has 0 radical (unpaired) electrons. The van der Waals surface area contributed by atoms with Crippen LogP contribution in [0, 0.1) is 0 Å². The average Bonchev–Trinajstić information content (AvgIpc) is 4.14. The zero-order chi connectivity index (χ0) is 44.9. The van der Waals surface area contributed by atoms with Crippen LogP contribution in [0.2, 0.25) is 39.3 Å². The molecule has 10 heteroatoms. The third kappa shape index (κ3) is 7.88. The zero-order valence-corrected chi connectivity index (χ0v) is 40.1. The van der Waals surface area contributed by atoms with Crippen LogP contribution in [0.5, 0.6) is 23.0 Å². The fraction of sp³-hybridized carbons (Fsp3) is 0.185. The van der Waals surface area contributed by atoms with Crippen molar-refractivity contribution in [3.63, 3.8) is 0 Å². The van der Waals surface area contributed by atoms with Crippen molar-refractivity contribution in [1.29, 1.82) is 0 Å². The van der Waals surface area contributed by atoms with E-state index in [-0.39, 0.29) is 0 Å². The second kappa shape index (κ2) is 16.7. The average molecular weight is 877 g/mol. The van der Waals surface area contributed by atoms with Gasteiger partial charge in [-0.15, -0.1) is 0 Å². The molecule has 5 aliphatic heterocycles. The van der Waals surface area contributed by atoms with E-state index < -0.39 is 16.1 Å². The molecule has 0 aliphatic carbocycles. The Morgan fingerprint density at radius 3 is 0.906 bits per heavy atom. The minimum Gasteiger partial charge on any atom is -0.493 e. The number of rotatable bonds is 10. The summed E-state index contributed by atoms with van der Waals surface area (Å²) in [5.41, 5.74) is 13.8. The van der Waals surface area contributed by atoms with Gasteiger partial charge in [0.15, 0.2) is 23.0 Å². The highest BCUT2D eigenvalue weighted by Crippen LogP contribution is 2.41. The molecule has 0 spiro atoms. The lowest BCUT2D eigenvalue weighted by Crippen LogP contribution is -2.37. The number of methoxy groups -OCH3 is 4. The lowest BCUT2D eigenvalue weighted by atomic mass is 9.98. The van der Waals surface area contributed by atoms with Crippen molar-refractivity contribution in [1.82, 2.24) is 0 Å². The normalized spacial score (nSPS) is 16.8. The summed E-state index contributed by atoms with van der Waals surface area (Å²) in [7, 11) is 3.22. The van der Waals surface area contributed by atoms with E-state index in [2.05, 4.69) is 136 Å². The van der Waals surface area contributed by atoms with E-state index >= 15 is 0 Å². The van der Waals surface area contributed by atoms with Crippen LogP contribution in [0.3, 0.4) is 0 Å². The predicted molar refractivity (Wildman–Crippen MR) is 272 cm³/mol. The molecule has 5 aliphatic rings. The molecule has 0 N–H and O–H groups in total. The van der Waals surface area contributed by atoms with Gasteiger partial charge in [-0.1, -0.05) is 110 Å². The van der Waals surface area contributed by atoms with Gasteiger partial charge in [0.05, 0.1) is 90.2 Å². The van der Waals surface area contributed by atoms with Gasteiger partial charge in [0.2, 0.25) is 0 Å². The van der Waals surface area contributed by atoms with E-state index in [1.807, 2.05) is 36.4 Å². The van der Waals surface area contributed by atoms with Crippen molar-refractivity contribution in [3.8, 4) is 23.0 Å². The standard InChI is InChI=1S/C54H52N4O4Si2/c1-59-47-27-17-35(31-49(47)61-3)53-43-23-19-39(55-43)51(33-13-11-15-37(29-33)63(5,6)7)41-21-25-45(57-41)54(36-18-28-48(60-2)50(32-36)62-4)46-26-22-42(58-46)52(40-20-24-44(53)56-40)34-14-12-16-38(30-34)64(8,9)10/h11-32H,1-10H3. The molecule has 5 heterocycles. The Morgan fingerprint density at radius 1 is 0.328 bits per heavy atom. The zero-order valence-electron chi connectivity index (χ0n) is 38.1. The van der Waals surface area contributed by atoms with Crippen LogP contribution >= 0.6 is 0 Å². The summed E-state index contributed by atoms with van der Waals surface area (Å²) in [6.07, 6.45) is 16.8.